The molecule has 0 aliphatic heterocycles. The van der Waals surface area contributed by atoms with Crippen LogP contribution < -0.4 is 5.73 Å². The Kier molecular flexibility index (Phi) is 4.71. The maximum atomic E-state index is 8.99. The molecular weight excluding hydrogens is 209 g/mol. The predicted octanol–water partition coefficient (Wildman–Crippen LogP) is 1.93. The van der Waals surface area contributed by atoms with Crippen LogP contribution in [0.3, 0.4) is 0 Å². The molecule has 1 rings (SSSR count). The lowest BCUT2D eigenvalue weighted by molar-refractivity contribution is 0.210. The molecule has 0 amide bonds. The smallest absolute Gasteiger partial charge is 0.0650 e. The number of aliphatic hydroxyl groups is 1. The summed E-state index contributed by atoms with van der Waals surface area (Å²) >= 11 is 5.90. The van der Waals surface area contributed by atoms with E-state index in [-0.39, 0.29) is 19.0 Å². The predicted molar refractivity (Wildman–Crippen MR) is 57.3 cm³/mol. The number of halogens is 2. The largest absolute Gasteiger partial charge is 0.394 e. The molecule has 0 aliphatic rings. The topological polar surface area (TPSA) is 46.2 Å². The van der Waals surface area contributed by atoms with Crippen LogP contribution in [0.25, 0.3) is 0 Å². The van der Waals surface area contributed by atoms with E-state index in [1.165, 1.54) is 0 Å². The number of nitrogens with two attached hydrogens (primary N) is 1. The van der Waals surface area contributed by atoms with Crippen LogP contribution in [0.4, 0.5) is 0 Å². The highest BCUT2D eigenvalue weighted by Gasteiger charge is 2.21. The molecule has 13 heavy (non-hydrogen) atoms. The second-order valence-electron chi connectivity index (χ2n) is 3.06. The van der Waals surface area contributed by atoms with Crippen molar-refractivity contribution >= 4 is 24.0 Å². The summed E-state index contributed by atoms with van der Waals surface area (Å²) in [6, 6.07) is 7.26. The van der Waals surface area contributed by atoms with E-state index in [9.17, 15) is 0 Å². The van der Waals surface area contributed by atoms with E-state index >= 15 is 0 Å². The van der Waals surface area contributed by atoms with Crippen LogP contribution in [0.5, 0.6) is 0 Å². The van der Waals surface area contributed by atoms with Crippen molar-refractivity contribution < 1.29 is 5.11 Å². The van der Waals surface area contributed by atoms with Crippen molar-refractivity contribution in [2.24, 2.45) is 5.73 Å². The molecule has 0 bridgehead atoms. The average molecular weight is 222 g/mol. The van der Waals surface area contributed by atoms with Crippen LogP contribution in [0.1, 0.15) is 12.5 Å². The molecule has 0 radical (unpaired) electrons. The zero-order chi connectivity index (χ0) is 9.19. The minimum Gasteiger partial charge on any atom is -0.394 e. The van der Waals surface area contributed by atoms with Crippen molar-refractivity contribution in [3.63, 3.8) is 0 Å². The molecule has 1 unspecified atom stereocenters. The Morgan fingerprint density at radius 2 is 2.00 bits per heavy atom. The van der Waals surface area contributed by atoms with Gasteiger partial charge in [-0.3, -0.25) is 0 Å². The van der Waals surface area contributed by atoms with E-state index in [0.29, 0.717) is 5.02 Å². The van der Waals surface area contributed by atoms with Crippen molar-refractivity contribution in [3.05, 3.63) is 34.9 Å². The van der Waals surface area contributed by atoms with Crippen LogP contribution in [-0.4, -0.2) is 11.7 Å². The minimum absolute atomic E-state index is 0. The molecule has 1 aromatic carbocycles. The molecule has 3 N–H and O–H groups in total. The van der Waals surface area contributed by atoms with Gasteiger partial charge in [-0.05, 0) is 18.6 Å². The van der Waals surface area contributed by atoms with E-state index in [4.69, 9.17) is 22.4 Å². The van der Waals surface area contributed by atoms with Gasteiger partial charge in [-0.2, -0.15) is 0 Å². The van der Waals surface area contributed by atoms with Crippen molar-refractivity contribution in [2.45, 2.75) is 12.5 Å². The first kappa shape index (κ1) is 12.7. The second kappa shape index (κ2) is 4.82. The highest BCUT2D eigenvalue weighted by molar-refractivity contribution is 6.31. The van der Waals surface area contributed by atoms with Gasteiger partial charge in [-0.25, -0.2) is 0 Å². The van der Waals surface area contributed by atoms with Gasteiger partial charge >= 0.3 is 0 Å². The summed E-state index contributed by atoms with van der Waals surface area (Å²) in [6.07, 6.45) is 0. The van der Waals surface area contributed by atoms with E-state index < -0.39 is 5.54 Å². The Balaban J connectivity index is 0.00000144. The van der Waals surface area contributed by atoms with E-state index in [1.54, 1.807) is 13.0 Å². The fourth-order valence-corrected chi connectivity index (χ4v) is 1.36. The summed E-state index contributed by atoms with van der Waals surface area (Å²) in [5, 5.41) is 9.58. The van der Waals surface area contributed by atoms with Gasteiger partial charge in [0.05, 0.1) is 12.1 Å². The van der Waals surface area contributed by atoms with E-state index in [0.717, 1.165) is 5.56 Å². The lowest BCUT2D eigenvalue weighted by atomic mass is 9.94. The van der Waals surface area contributed by atoms with Gasteiger partial charge in [0, 0.05) is 5.02 Å². The fourth-order valence-electron chi connectivity index (χ4n) is 1.01. The normalized spacial score (nSPS) is 14.5. The Morgan fingerprint density at radius 3 is 2.46 bits per heavy atom. The van der Waals surface area contributed by atoms with Gasteiger partial charge in [0.15, 0.2) is 0 Å². The maximum absolute atomic E-state index is 8.99. The van der Waals surface area contributed by atoms with Crippen LogP contribution >= 0.6 is 24.0 Å². The standard InChI is InChI=1S/C9H12ClNO.ClH/c1-9(11,6-12)7-4-2-3-5-8(7)10;/h2-5,12H,6,11H2,1H3;1H. The maximum Gasteiger partial charge on any atom is 0.0650 e. The Morgan fingerprint density at radius 1 is 1.46 bits per heavy atom. The van der Waals surface area contributed by atoms with Crippen molar-refractivity contribution in [1.82, 2.24) is 0 Å². The van der Waals surface area contributed by atoms with Gasteiger partial charge in [0.2, 0.25) is 0 Å². The molecular formula is C9H13Cl2NO. The summed E-state index contributed by atoms with van der Waals surface area (Å²) < 4.78 is 0. The lowest BCUT2D eigenvalue weighted by Gasteiger charge is -2.23. The van der Waals surface area contributed by atoms with Gasteiger partial charge in [0.1, 0.15) is 0 Å². The number of benzene rings is 1. The quantitative estimate of drug-likeness (QED) is 0.803. The van der Waals surface area contributed by atoms with Gasteiger partial charge < -0.3 is 10.8 Å². The molecule has 1 aromatic rings. The second-order valence-corrected chi connectivity index (χ2v) is 3.46. The fraction of sp³-hybridized carbons (Fsp3) is 0.333. The third kappa shape index (κ3) is 2.85. The van der Waals surface area contributed by atoms with Crippen molar-refractivity contribution in [3.8, 4) is 0 Å². The summed E-state index contributed by atoms with van der Waals surface area (Å²) in [4.78, 5) is 0. The molecule has 0 spiro atoms. The van der Waals surface area contributed by atoms with Gasteiger partial charge in [-0.1, -0.05) is 29.8 Å². The first-order valence-corrected chi connectivity index (χ1v) is 4.10. The number of aliphatic hydroxyl groups excluding tert-OH is 1. The van der Waals surface area contributed by atoms with E-state index in [2.05, 4.69) is 0 Å². The lowest BCUT2D eigenvalue weighted by Crippen LogP contribution is -2.37. The van der Waals surface area contributed by atoms with E-state index in [1.807, 2.05) is 18.2 Å². The number of rotatable bonds is 2. The summed E-state index contributed by atoms with van der Waals surface area (Å²) in [7, 11) is 0. The van der Waals surface area contributed by atoms with Crippen LogP contribution in [0.15, 0.2) is 24.3 Å². The SMILES string of the molecule is CC(N)(CO)c1ccccc1Cl.Cl. The Bertz CT molecular complexity index is 276. The molecule has 0 saturated carbocycles. The number of hydrogen-bond acceptors (Lipinski definition) is 2. The third-order valence-corrected chi connectivity index (χ3v) is 2.15. The van der Waals surface area contributed by atoms with Crippen molar-refractivity contribution in [1.29, 1.82) is 0 Å². The molecule has 0 heterocycles. The van der Waals surface area contributed by atoms with Gasteiger partial charge in [-0.15, -0.1) is 12.4 Å². The van der Waals surface area contributed by atoms with Crippen LogP contribution in [-0.2, 0) is 5.54 Å². The molecule has 0 saturated heterocycles. The Hall–Kier alpha value is -0.280. The highest BCUT2D eigenvalue weighted by Crippen LogP contribution is 2.24. The molecule has 2 nitrogen and oxygen atoms in total. The first-order chi connectivity index (χ1) is 5.58. The van der Waals surface area contributed by atoms with Crippen LogP contribution in [0.2, 0.25) is 5.02 Å². The molecule has 1 atom stereocenters. The van der Waals surface area contributed by atoms with Crippen LogP contribution in [0, 0.1) is 0 Å². The third-order valence-electron chi connectivity index (χ3n) is 1.82. The molecule has 74 valence electrons. The molecule has 0 aromatic heterocycles. The summed E-state index contributed by atoms with van der Waals surface area (Å²) in [5.41, 5.74) is 5.82. The number of hydrogen-bond donors (Lipinski definition) is 2. The van der Waals surface area contributed by atoms with Gasteiger partial charge in [0.25, 0.3) is 0 Å². The molecule has 4 heteroatoms. The zero-order valence-electron chi connectivity index (χ0n) is 7.33. The van der Waals surface area contributed by atoms with Crippen molar-refractivity contribution in [2.75, 3.05) is 6.61 Å². The molecule has 0 fully saturated rings. The minimum atomic E-state index is -0.752. The molecule has 0 aliphatic carbocycles. The Labute approximate surface area is 89.1 Å². The first-order valence-electron chi connectivity index (χ1n) is 3.72. The zero-order valence-corrected chi connectivity index (χ0v) is 8.90. The highest BCUT2D eigenvalue weighted by atomic mass is 35.5. The summed E-state index contributed by atoms with van der Waals surface area (Å²) in [5.74, 6) is 0. The summed E-state index contributed by atoms with van der Waals surface area (Å²) in [6.45, 7) is 1.63. The monoisotopic (exact) mass is 221 g/mol. The average Bonchev–Trinajstić information content (AvgIpc) is 2.05.